The van der Waals surface area contributed by atoms with Crippen LogP contribution in [0.4, 0.5) is 5.13 Å². The van der Waals surface area contributed by atoms with E-state index in [2.05, 4.69) is 31.1 Å². The number of carbonyl (C=O) groups is 1. The summed E-state index contributed by atoms with van der Waals surface area (Å²) in [6, 6.07) is 7.48. The molecule has 22 heavy (non-hydrogen) atoms. The van der Waals surface area contributed by atoms with E-state index in [1.165, 1.54) is 0 Å². The number of aromatic nitrogens is 1. The van der Waals surface area contributed by atoms with Crippen molar-refractivity contribution < 1.29 is 4.79 Å². The first-order chi connectivity index (χ1) is 10.7. The van der Waals surface area contributed by atoms with Gasteiger partial charge in [0.2, 0.25) is 0 Å². The van der Waals surface area contributed by atoms with Crippen LogP contribution in [0.5, 0.6) is 0 Å². The Morgan fingerprint density at radius 3 is 3.18 bits per heavy atom. The van der Waals surface area contributed by atoms with Crippen molar-refractivity contribution in [3.8, 4) is 0 Å². The first-order valence-corrected chi connectivity index (χ1v) is 9.08. The second kappa shape index (κ2) is 7.24. The number of thiazole rings is 1. The Morgan fingerprint density at radius 2 is 2.41 bits per heavy atom. The smallest absolute Gasteiger partial charge is 0.251 e. The number of carbonyl (C=O) groups excluding carboxylic acids is 1. The van der Waals surface area contributed by atoms with Gasteiger partial charge in [0, 0.05) is 41.2 Å². The number of piperidine rings is 1. The van der Waals surface area contributed by atoms with Gasteiger partial charge in [0.25, 0.3) is 5.91 Å². The highest BCUT2D eigenvalue weighted by molar-refractivity contribution is 9.10. The highest BCUT2D eigenvalue weighted by atomic mass is 79.9. The molecular formula is C16H18BrN3OS. The van der Waals surface area contributed by atoms with Crippen LogP contribution < -0.4 is 10.2 Å². The van der Waals surface area contributed by atoms with Crippen molar-refractivity contribution in [1.29, 1.82) is 0 Å². The molecule has 3 rings (SSSR count). The van der Waals surface area contributed by atoms with Crippen molar-refractivity contribution in [1.82, 2.24) is 10.3 Å². The first-order valence-electron chi connectivity index (χ1n) is 7.40. The van der Waals surface area contributed by atoms with E-state index in [-0.39, 0.29) is 5.91 Å². The molecule has 0 aliphatic carbocycles. The average molecular weight is 380 g/mol. The number of nitrogens with zero attached hydrogens (tertiary/aromatic N) is 2. The molecular weight excluding hydrogens is 362 g/mol. The van der Waals surface area contributed by atoms with Crippen LogP contribution in [0.25, 0.3) is 0 Å². The van der Waals surface area contributed by atoms with E-state index in [9.17, 15) is 4.79 Å². The quantitative estimate of drug-likeness (QED) is 0.883. The maximum Gasteiger partial charge on any atom is 0.251 e. The Bertz CT molecular complexity index is 632. The number of hydrogen-bond donors (Lipinski definition) is 1. The number of rotatable bonds is 4. The lowest BCUT2D eigenvalue weighted by molar-refractivity contribution is 0.0945. The predicted octanol–water partition coefficient (Wildman–Crippen LogP) is 3.55. The van der Waals surface area contributed by atoms with E-state index < -0.39 is 0 Å². The molecule has 2 aromatic rings. The summed E-state index contributed by atoms with van der Waals surface area (Å²) in [6.45, 7) is 2.74. The van der Waals surface area contributed by atoms with E-state index in [4.69, 9.17) is 0 Å². The van der Waals surface area contributed by atoms with Crippen molar-refractivity contribution in [2.45, 2.75) is 12.8 Å². The molecule has 116 valence electrons. The molecule has 1 N–H and O–H groups in total. The van der Waals surface area contributed by atoms with Gasteiger partial charge in [0.1, 0.15) is 0 Å². The van der Waals surface area contributed by atoms with Crippen molar-refractivity contribution in [2.75, 3.05) is 24.5 Å². The number of hydrogen-bond acceptors (Lipinski definition) is 4. The van der Waals surface area contributed by atoms with E-state index in [1.54, 1.807) is 11.3 Å². The van der Waals surface area contributed by atoms with Crippen molar-refractivity contribution >= 4 is 38.3 Å². The third kappa shape index (κ3) is 3.87. The van der Waals surface area contributed by atoms with E-state index >= 15 is 0 Å². The number of anilines is 1. The third-order valence-electron chi connectivity index (χ3n) is 3.85. The molecule has 1 aromatic heterocycles. The van der Waals surface area contributed by atoms with Gasteiger partial charge in [-0.2, -0.15) is 0 Å². The lowest BCUT2D eigenvalue weighted by Crippen LogP contribution is -2.41. The summed E-state index contributed by atoms with van der Waals surface area (Å²) in [7, 11) is 0. The molecule has 0 spiro atoms. The molecule has 0 saturated carbocycles. The second-order valence-corrected chi connectivity index (χ2v) is 7.28. The summed E-state index contributed by atoms with van der Waals surface area (Å²) in [6.07, 6.45) is 4.15. The van der Waals surface area contributed by atoms with Crippen LogP contribution in [-0.4, -0.2) is 30.5 Å². The van der Waals surface area contributed by atoms with Crippen molar-refractivity contribution in [3.63, 3.8) is 0 Å². The zero-order valence-corrected chi connectivity index (χ0v) is 14.6. The highest BCUT2D eigenvalue weighted by Gasteiger charge is 2.22. The Hall–Kier alpha value is -1.40. The van der Waals surface area contributed by atoms with E-state index in [0.717, 1.165) is 35.5 Å². The summed E-state index contributed by atoms with van der Waals surface area (Å²) >= 11 is 5.07. The highest BCUT2D eigenvalue weighted by Crippen LogP contribution is 2.24. The SMILES string of the molecule is O=C(NCC1CCCN(c2nccs2)C1)c1cccc(Br)c1. The molecule has 4 nitrogen and oxygen atoms in total. The van der Waals surface area contributed by atoms with Gasteiger partial charge in [0.05, 0.1) is 0 Å². The molecule has 6 heteroatoms. The minimum atomic E-state index is -0.00679. The van der Waals surface area contributed by atoms with Crippen LogP contribution >= 0.6 is 27.3 Å². The fourth-order valence-corrected chi connectivity index (χ4v) is 3.83. The van der Waals surface area contributed by atoms with Crippen LogP contribution in [-0.2, 0) is 0 Å². The average Bonchev–Trinajstić information content (AvgIpc) is 3.07. The Morgan fingerprint density at radius 1 is 1.50 bits per heavy atom. The molecule has 0 bridgehead atoms. The Labute approximate surface area is 142 Å². The third-order valence-corrected chi connectivity index (χ3v) is 5.17. The topological polar surface area (TPSA) is 45.2 Å². The fourth-order valence-electron chi connectivity index (χ4n) is 2.75. The minimum Gasteiger partial charge on any atom is -0.352 e. The van der Waals surface area contributed by atoms with Gasteiger partial charge in [-0.05, 0) is 37.0 Å². The molecule has 1 saturated heterocycles. The zero-order valence-electron chi connectivity index (χ0n) is 12.2. The Balaban J connectivity index is 1.54. The van der Waals surface area contributed by atoms with E-state index in [1.807, 2.05) is 35.8 Å². The Kier molecular flexibility index (Phi) is 5.10. The zero-order chi connectivity index (χ0) is 15.4. The first kappa shape index (κ1) is 15.5. The monoisotopic (exact) mass is 379 g/mol. The van der Waals surface area contributed by atoms with Crippen LogP contribution in [0.1, 0.15) is 23.2 Å². The molecule has 1 aliphatic rings. The molecule has 1 atom stereocenters. The maximum atomic E-state index is 12.2. The summed E-state index contributed by atoms with van der Waals surface area (Å²) in [5, 5.41) is 6.15. The lowest BCUT2D eigenvalue weighted by atomic mass is 9.98. The fraction of sp³-hybridized carbons (Fsp3) is 0.375. The van der Waals surface area contributed by atoms with Gasteiger partial charge in [0.15, 0.2) is 5.13 Å². The number of amides is 1. The summed E-state index contributed by atoms with van der Waals surface area (Å²) in [4.78, 5) is 18.9. The molecule has 2 heterocycles. The van der Waals surface area contributed by atoms with Gasteiger partial charge in [-0.1, -0.05) is 22.0 Å². The molecule has 1 unspecified atom stereocenters. The summed E-state index contributed by atoms with van der Waals surface area (Å²) < 4.78 is 0.924. The van der Waals surface area contributed by atoms with Crippen LogP contribution in [0, 0.1) is 5.92 Å². The predicted molar refractivity (Wildman–Crippen MR) is 93.5 cm³/mol. The largest absolute Gasteiger partial charge is 0.352 e. The molecule has 1 aliphatic heterocycles. The number of benzene rings is 1. The second-order valence-electron chi connectivity index (χ2n) is 5.49. The summed E-state index contributed by atoms with van der Waals surface area (Å²) in [5.41, 5.74) is 0.696. The van der Waals surface area contributed by atoms with Crippen molar-refractivity contribution in [3.05, 3.63) is 45.9 Å². The minimum absolute atomic E-state index is 0.00679. The van der Waals surface area contributed by atoms with Gasteiger partial charge < -0.3 is 10.2 Å². The van der Waals surface area contributed by atoms with Crippen LogP contribution in [0.15, 0.2) is 40.3 Å². The van der Waals surface area contributed by atoms with Gasteiger partial charge in [-0.25, -0.2) is 4.98 Å². The van der Waals surface area contributed by atoms with Gasteiger partial charge in [-0.3, -0.25) is 4.79 Å². The van der Waals surface area contributed by atoms with Gasteiger partial charge >= 0.3 is 0 Å². The summed E-state index contributed by atoms with van der Waals surface area (Å²) in [5.74, 6) is 0.474. The van der Waals surface area contributed by atoms with Crippen molar-refractivity contribution in [2.24, 2.45) is 5.92 Å². The molecule has 0 radical (unpaired) electrons. The molecule has 1 fully saturated rings. The van der Waals surface area contributed by atoms with Crippen LogP contribution in [0.2, 0.25) is 0 Å². The maximum absolute atomic E-state index is 12.2. The molecule has 1 amide bonds. The van der Waals surface area contributed by atoms with Crippen LogP contribution in [0.3, 0.4) is 0 Å². The lowest BCUT2D eigenvalue weighted by Gasteiger charge is -2.32. The number of halogens is 1. The van der Waals surface area contributed by atoms with E-state index in [0.29, 0.717) is 18.0 Å². The molecule has 1 aromatic carbocycles. The normalized spacial score (nSPS) is 18.2. The standard InChI is InChI=1S/C16H18BrN3OS/c17-14-5-1-4-13(9-14)15(21)19-10-12-3-2-7-20(11-12)16-18-6-8-22-16/h1,4-6,8-9,12H,2-3,7,10-11H2,(H,19,21). The van der Waals surface area contributed by atoms with Gasteiger partial charge in [-0.15, -0.1) is 11.3 Å². The number of nitrogens with one attached hydrogen (secondary N) is 1.